The van der Waals surface area contributed by atoms with Gasteiger partial charge in [0.1, 0.15) is 0 Å². The summed E-state index contributed by atoms with van der Waals surface area (Å²) in [6.45, 7) is 8.84. The molecular formula is C21H32O4. The zero-order valence-corrected chi connectivity index (χ0v) is 16.2. The molecule has 0 unspecified atom stereocenters. The summed E-state index contributed by atoms with van der Waals surface area (Å²) >= 11 is 0. The monoisotopic (exact) mass is 348 g/mol. The van der Waals surface area contributed by atoms with Crippen molar-refractivity contribution in [1.29, 1.82) is 0 Å². The maximum atomic E-state index is 12.6. The number of carbonyl (C=O) groups is 1. The summed E-state index contributed by atoms with van der Waals surface area (Å²) in [4.78, 5) is 12.6. The Morgan fingerprint density at radius 3 is 2.72 bits per heavy atom. The molecule has 0 aromatic carbocycles. The van der Waals surface area contributed by atoms with Crippen molar-refractivity contribution in [3.8, 4) is 0 Å². The van der Waals surface area contributed by atoms with Crippen molar-refractivity contribution < 1.29 is 19.4 Å². The van der Waals surface area contributed by atoms with Gasteiger partial charge in [0.25, 0.3) is 0 Å². The van der Waals surface area contributed by atoms with E-state index in [-0.39, 0.29) is 23.2 Å². The van der Waals surface area contributed by atoms with Crippen molar-refractivity contribution in [1.82, 2.24) is 0 Å². The Kier molecular flexibility index (Phi) is 3.73. The quantitative estimate of drug-likeness (QED) is 0.774. The Morgan fingerprint density at radius 2 is 2.08 bits per heavy atom. The molecular weight excluding hydrogens is 316 g/mol. The Morgan fingerprint density at radius 1 is 1.36 bits per heavy atom. The van der Waals surface area contributed by atoms with Gasteiger partial charge in [0.2, 0.25) is 0 Å². The third-order valence-electron chi connectivity index (χ3n) is 7.89. The number of hydrogen-bond acceptors (Lipinski definition) is 4. The molecule has 1 N–H and O–H groups in total. The van der Waals surface area contributed by atoms with Crippen LogP contribution in [0.5, 0.6) is 0 Å². The molecule has 0 amide bonds. The number of carbonyl (C=O) groups excluding carboxylic acids is 1. The first-order valence-electron chi connectivity index (χ1n) is 9.91. The minimum absolute atomic E-state index is 0.0500. The van der Waals surface area contributed by atoms with Gasteiger partial charge in [-0.1, -0.05) is 34.1 Å². The van der Waals surface area contributed by atoms with E-state index in [0.717, 1.165) is 25.7 Å². The molecule has 4 heteroatoms. The number of hydrogen-bond donors (Lipinski definition) is 1. The molecule has 2 heterocycles. The molecule has 5 rings (SSSR count). The van der Waals surface area contributed by atoms with Gasteiger partial charge in [-0.05, 0) is 54.9 Å². The smallest absolute Gasteiger partial charge is 0.334 e. The predicted octanol–water partition coefficient (Wildman–Crippen LogP) is 3.68. The van der Waals surface area contributed by atoms with Gasteiger partial charge in [0.05, 0.1) is 18.6 Å². The van der Waals surface area contributed by atoms with Gasteiger partial charge in [-0.25, -0.2) is 4.79 Å². The van der Waals surface area contributed by atoms with Gasteiger partial charge in [0.15, 0.2) is 5.79 Å². The van der Waals surface area contributed by atoms with Crippen LogP contribution >= 0.6 is 0 Å². The van der Waals surface area contributed by atoms with Gasteiger partial charge < -0.3 is 14.6 Å². The van der Waals surface area contributed by atoms with Crippen molar-refractivity contribution in [3.05, 3.63) is 11.6 Å². The maximum Gasteiger partial charge on any atom is 0.334 e. The van der Waals surface area contributed by atoms with Crippen LogP contribution in [-0.2, 0) is 14.3 Å². The third-order valence-corrected chi connectivity index (χ3v) is 7.89. The van der Waals surface area contributed by atoms with Crippen LogP contribution in [0.4, 0.5) is 0 Å². The molecule has 2 saturated carbocycles. The van der Waals surface area contributed by atoms with Gasteiger partial charge in [-0.3, -0.25) is 0 Å². The minimum atomic E-state index is -1.26. The Labute approximate surface area is 151 Å². The van der Waals surface area contributed by atoms with E-state index < -0.39 is 11.4 Å². The maximum absolute atomic E-state index is 12.6. The van der Waals surface area contributed by atoms with E-state index in [2.05, 4.69) is 27.7 Å². The van der Waals surface area contributed by atoms with Crippen LogP contribution < -0.4 is 0 Å². The van der Waals surface area contributed by atoms with Crippen LogP contribution in [0.3, 0.4) is 0 Å². The average Bonchev–Trinajstić information content (AvgIpc) is 2.51. The molecule has 0 radical (unpaired) electrons. The van der Waals surface area contributed by atoms with Crippen LogP contribution in [0.2, 0.25) is 0 Å². The lowest BCUT2D eigenvalue weighted by molar-refractivity contribution is -0.404. The second-order valence-electron chi connectivity index (χ2n) is 9.67. The van der Waals surface area contributed by atoms with Crippen molar-refractivity contribution >= 4 is 5.97 Å². The summed E-state index contributed by atoms with van der Waals surface area (Å²) in [5, 5.41) is 11.9. The molecule has 140 valence electrons. The summed E-state index contributed by atoms with van der Waals surface area (Å²) < 4.78 is 11.8. The summed E-state index contributed by atoms with van der Waals surface area (Å²) in [5.74, 6) is -0.563. The molecule has 1 spiro atoms. The number of aliphatic hydroxyl groups is 1. The fourth-order valence-electron chi connectivity index (χ4n) is 7.02. The van der Waals surface area contributed by atoms with E-state index in [1.165, 1.54) is 13.5 Å². The highest BCUT2D eigenvalue weighted by molar-refractivity contribution is 5.90. The lowest BCUT2D eigenvalue weighted by Crippen LogP contribution is -2.75. The topological polar surface area (TPSA) is 55.8 Å². The molecule has 5 aliphatic rings. The van der Waals surface area contributed by atoms with Crippen LogP contribution in [0.1, 0.15) is 59.8 Å². The molecule has 1 saturated heterocycles. The van der Waals surface area contributed by atoms with Gasteiger partial charge >= 0.3 is 5.97 Å². The molecule has 2 aliphatic heterocycles. The molecule has 4 nitrogen and oxygen atoms in total. The summed E-state index contributed by atoms with van der Waals surface area (Å²) in [7, 11) is 1.44. The van der Waals surface area contributed by atoms with Crippen molar-refractivity contribution in [3.63, 3.8) is 0 Å². The highest BCUT2D eigenvalue weighted by Gasteiger charge is 2.73. The fraction of sp³-hybridized carbons (Fsp3) is 0.857. The first-order chi connectivity index (χ1) is 11.7. The second-order valence-corrected chi connectivity index (χ2v) is 9.67. The van der Waals surface area contributed by atoms with Crippen LogP contribution in [-0.4, -0.2) is 29.6 Å². The van der Waals surface area contributed by atoms with Gasteiger partial charge in [-0.15, -0.1) is 0 Å². The molecule has 3 fully saturated rings. The van der Waals surface area contributed by atoms with E-state index in [0.29, 0.717) is 23.3 Å². The fourth-order valence-corrected chi connectivity index (χ4v) is 7.02. The Bertz CT molecular complexity index is 625. The minimum Gasteiger partial charge on any atom is -0.466 e. The SMILES string of the molecule is COC(=O)C1=C[C@]23C[C@@H](C)CC[C@@H]2[C@@]2(C)CC[C@@H](C(C)C)[C@@](O)(O3)[C@@H]12. The van der Waals surface area contributed by atoms with Crippen molar-refractivity contribution in [2.45, 2.75) is 71.2 Å². The molecule has 0 aromatic heterocycles. The Hall–Kier alpha value is -0.870. The van der Waals surface area contributed by atoms with E-state index in [4.69, 9.17) is 9.47 Å². The molecule has 3 aliphatic carbocycles. The van der Waals surface area contributed by atoms with Gasteiger partial charge in [0, 0.05) is 11.5 Å². The lowest BCUT2D eigenvalue weighted by atomic mass is 9.42. The van der Waals surface area contributed by atoms with Crippen LogP contribution in [0.25, 0.3) is 0 Å². The zero-order valence-electron chi connectivity index (χ0n) is 16.2. The standard InChI is InChI=1S/C21H32O4/c1-12(2)15-8-9-19(4)16-7-6-13(3)10-20(16)11-14(18(22)24-5)17(19)21(15,23)25-20/h11-13,15-17,23H,6-10H2,1-5H3/t13-,15-,16+,17-,19+,20+,21+/m0/s1. The highest BCUT2D eigenvalue weighted by Crippen LogP contribution is 2.70. The second kappa shape index (κ2) is 5.32. The van der Waals surface area contributed by atoms with E-state index in [9.17, 15) is 9.90 Å². The van der Waals surface area contributed by atoms with Gasteiger partial charge in [-0.2, -0.15) is 0 Å². The highest BCUT2D eigenvalue weighted by atomic mass is 16.6. The number of esters is 1. The molecule has 25 heavy (non-hydrogen) atoms. The summed E-state index contributed by atoms with van der Waals surface area (Å²) in [6.07, 6.45) is 7.24. The number of ether oxygens (including phenoxy) is 2. The predicted molar refractivity (Wildman–Crippen MR) is 94.5 cm³/mol. The largest absolute Gasteiger partial charge is 0.466 e. The summed E-state index contributed by atoms with van der Waals surface area (Å²) in [5.41, 5.74) is 0.0403. The third kappa shape index (κ3) is 2.10. The number of methoxy groups -OCH3 is 1. The average molecular weight is 348 g/mol. The molecule has 7 atom stereocenters. The molecule has 0 aromatic rings. The van der Waals surface area contributed by atoms with E-state index in [1.807, 2.05) is 6.08 Å². The zero-order chi connectivity index (χ0) is 18.2. The number of rotatable bonds is 2. The summed E-state index contributed by atoms with van der Waals surface area (Å²) in [6, 6.07) is 0. The van der Waals surface area contributed by atoms with Crippen LogP contribution in [0.15, 0.2) is 11.6 Å². The lowest BCUT2D eigenvalue weighted by Gasteiger charge is -2.71. The van der Waals surface area contributed by atoms with Crippen molar-refractivity contribution in [2.24, 2.45) is 35.0 Å². The van der Waals surface area contributed by atoms with E-state index >= 15 is 0 Å². The van der Waals surface area contributed by atoms with Crippen molar-refractivity contribution in [2.75, 3.05) is 7.11 Å². The first kappa shape index (κ1) is 17.5. The Balaban J connectivity index is 1.92. The molecule has 4 bridgehead atoms. The first-order valence-corrected chi connectivity index (χ1v) is 9.91. The normalized spacial score (nSPS) is 51.1. The van der Waals surface area contributed by atoms with Crippen LogP contribution in [0, 0.1) is 35.0 Å². The van der Waals surface area contributed by atoms with E-state index in [1.54, 1.807) is 0 Å².